The molecule has 0 unspecified atom stereocenters. The highest BCUT2D eigenvalue weighted by molar-refractivity contribution is 6.01. The smallest absolute Gasteiger partial charge is 0.253 e. The van der Waals surface area contributed by atoms with Crippen molar-refractivity contribution >= 4 is 11.8 Å². The molecule has 0 bridgehead atoms. The van der Waals surface area contributed by atoms with Crippen molar-refractivity contribution in [3.8, 4) is 5.75 Å². The summed E-state index contributed by atoms with van der Waals surface area (Å²) in [5, 5.41) is 4.14. The third kappa shape index (κ3) is 4.08. The number of nitrogens with zero attached hydrogens (tertiary/aromatic N) is 3. The Morgan fingerprint density at radius 3 is 2.62 bits per heavy atom. The van der Waals surface area contributed by atoms with Crippen LogP contribution in [-0.4, -0.2) is 52.9 Å². The second-order valence-corrected chi connectivity index (χ2v) is 8.00. The van der Waals surface area contributed by atoms with Gasteiger partial charge in [-0.25, -0.2) is 4.39 Å². The molecule has 2 aromatic carbocycles. The number of ether oxygens (including phenoxy) is 1. The summed E-state index contributed by atoms with van der Waals surface area (Å²) < 4.78 is 21.4. The van der Waals surface area contributed by atoms with Gasteiger partial charge >= 0.3 is 0 Å². The van der Waals surface area contributed by atoms with Crippen LogP contribution in [0.1, 0.15) is 43.3 Å². The van der Waals surface area contributed by atoms with E-state index in [1.54, 1.807) is 28.9 Å². The van der Waals surface area contributed by atoms with E-state index in [4.69, 9.17) is 10.5 Å². The maximum atomic E-state index is 13.9. The number of aromatic nitrogens is 2. The van der Waals surface area contributed by atoms with Crippen LogP contribution in [0.25, 0.3) is 0 Å². The number of fused-ring (bicyclic) bond motifs is 1. The van der Waals surface area contributed by atoms with Crippen LogP contribution in [0.4, 0.5) is 4.39 Å². The van der Waals surface area contributed by atoms with Crippen molar-refractivity contribution in [2.45, 2.75) is 18.4 Å². The van der Waals surface area contributed by atoms with Crippen LogP contribution >= 0.6 is 0 Å². The van der Waals surface area contributed by atoms with Gasteiger partial charge in [-0.1, -0.05) is 30.3 Å². The Labute approximate surface area is 185 Å². The summed E-state index contributed by atoms with van der Waals surface area (Å²) >= 11 is 0. The fourth-order valence-electron chi connectivity index (χ4n) is 4.13. The minimum Gasteiger partial charge on any atom is -0.486 e. The molecular formula is C24H25FN4O3. The van der Waals surface area contributed by atoms with Crippen LogP contribution in [0.15, 0.2) is 54.9 Å². The van der Waals surface area contributed by atoms with Crippen LogP contribution in [0.2, 0.25) is 0 Å². The van der Waals surface area contributed by atoms with Crippen LogP contribution in [0, 0.1) is 0 Å². The number of hydrogen-bond acceptors (Lipinski definition) is 4. The molecule has 4 rings (SSSR count). The quantitative estimate of drug-likeness (QED) is 0.617. The molecule has 166 valence electrons. The molecule has 3 aromatic rings. The van der Waals surface area contributed by atoms with Gasteiger partial charge in [0, 0.05) is 38.0 Å². The van der Waals surface area contributed by atoms with E-state index >= 15 is 0 Å². The molecule has 0 radical (unpaired) electrons. The minimum atomic E-state index is -0.792. The SMILES string of the molecule is CN(CCc1cnn(C)c1)C(=O)c1cc(C(N)=O)c2c(c1)[C@@H](c1ccccc1)[C@H](CF)O2. The van der Waals surface area contributed by atoms with E-state index < -0.39 is 24.6 Å². The Bertz CT molecular complexity index is 1150. The number of primary amides is 1. The van der Waals surface area contributed by atoms with E-state index in [9.17, 15) is 14.0 Å². The number of rotatable bonds is 7. The standard InChI is InChI=1S/C24H25FN4O3/c1-28(9-8-15-13-27-29(2)14-15)24(31)17-10-18-21(16-6-4-3-5-7-16)20(12-25)32-22(18)19(11-17)23(26)30/h3-7,10-11,13-14,20-21H,8-9,12H2,1-2H3,(H2,26,30)/t20-,21+/m0/s1. The Balaban J connectivity index is 1.67. The number of carbonyl (C=O) groups excluding carboxylic acids is 2. The summed E-state index contributed by atoms with van der Waals surface area (Å²) in [4.78, 5) is 26.9. The molecule has 8 heteroatoms. The lowest BCUT2D eigenvalue weighted by Gasteiger charge is -2.19. The van der Waals surface area contributed by atoms with Crippen LogP contribution < -0.4 is 10.5 Å². The lowest BCUT2D eigenvalue weighted by molar-refractivity contribution is 0.0796. The van der Waals surface area contributed by atoms with Crippen molar-refractivity contribution in [1.82, 2.24) is 14.7 Å². The number of likely N-dealkylation sites (N-methyl/N-ethyl adjacent to an activating group) is 1. The van der Waals surface area contributed by atoms with Crippen molar-refractivity contribution in [3.63, 3.8) is 0 Å². The average Bonchev–Trinajstić information content (AvgIpc) is 3.39. The average molecular weight is 436 g/mol. The maximum absolute atomic E-state index is 13.9. The van der Waals surface area contributed by atoms with E-state index in [2.05, 4.69) is 5.10 Å². The molecule has 1 aliphatic heterocycles. The predicted octanol–water partition coefficient (Wildman–Crippen LogP) is 2.70. The van der Waals surface area contributed by atoms with Crippen LogP contribution in [0.5, 0.6) is 5.75 Å². The van der Waals surface area contributed by atoms with E-state index in [1.807, 2.05) is 43.6 Å². The predicted molar refractivity (Wildman–Crippen MR) is 118 cm³/mol. The van der Waals surface area contributed by atoms with Gasteiger partial charge in [-0.15, -0.1) is 0 Å². The zero-order chi connectivity index (χ0) is 22.8. The number of halogens is 1. The van der Waals surface area contributed by atoms with Crippen molar-refractivity contribution in [2.24, 2.45) is 12.8 Å². The van der Waals surface area contributed by atoms with Crippen molar-refractivity contribution in [3.05, 3.63) is 82.7 Å². The molecule has 2 heterocycles. The third-order valence-corrected chi connectivity index (χ3v) is 5.76. The molecule has 0 saturated carbocycles. The Hall–Kier alpha value is -3.68. The van der Waals surface area contributed by atoms with E-state index in [1.165, 1.54) is 6.07 Å². The molecule has 2 amide bonds. The fraction of sp³-hybridized carbons (Fsp3) is 0.292. The minimum absolute atomic E-state index is 0.0865. The highest BCUT2D eigenvalue weighted by atomic mass is 19.1. The molecule has 1 aliphatic rings. The number of benzene rings is 2. The highest BCUT2D eigenvalue weighted by Crippen LogP contribution is 2.45. The zero-order valence-electron chi connectivity index (χ0n) is 18.0. The number of aryl methyl sites for hydroxylation is 1. The molecule has 0 aliphatic carbocycles. The second-order valence-electron chi connectivity index (χ2n) is 8.00. The zero-order valence-corrected chi connectivity index (χ0v) is 18.0. The molecular weight excluding hydrogens is 411 g/mol. The molecule has 0 fully saturated rings. The number of hydrogen-bond donors (Lipinski definition) is 1. The Morgan fingerprint density at radius 1 is 1.25 bits per heavy atom. The lowest BCUT2D eigenvalue weighted by Crippen LogP contribution is -2.29. The van der Waals surface area contributed by atoms with E-state index in [-0.39, 0.29) is 17.2 Å². The summed E-state index contributed by atoms with van der Waals surface area (Å²) in [5.74, 6) is -1.17. The first-order valence-electron chi connectivity index (χ1n) is 10.4. The molecule has 2 atom stereocenters. The molecule has 2 N–H and O–H groups in total. The first-order valence-corrected chi connectivity index (χ1v) is 10.4. The Kier molecular flexibility index (Phi) is 5.94. The van der Waals surface area contributed by atoms with Gasteiger partial charge in [-0.3, -0.25) is 14.3 Å². The number of nitrogens with two attached hydrogens (primary N) is 1. The normalized spacial score (nSPS) is 17.0. The van der Waals surface area contributed by atoms with Gasteiger partial charge in [0.05, 0.1) is 17.7 Å². The van der Waals surface area contributed by atoms with E-state index in [0.717, 1.165) is 11.1 Å². The fourth-order valence-corrected chi connectivity index (χ4v) is 4.13. The first-order chi connectivity index (χ1) is 15.4. The van der Waals surface area contributed by atoms with Crippen LogP contribution in [0.3, 0.4) is 0 Å². The summed E-state index contributed by atoms with van der Waals surface area (Å²) in [7, 11) is 3.54. The van der Waals surface area contributed by atoms with Crippen molar-refractivity contribution in [2.75, 3.05) is 20.3 Å². The molecule has 32 heavy (non-hydrogen) atoms. The van der Waals surface area contributed by atoms with Crippen molar-refractivity contribution < 1.29 is 18.7 Å². The third-order valence-electron chi connectivity index (χ3n) is 5.76. The van der Waals surface area contributed by atoms with Gasteiger partial charge in [-0.2, -0.15) is 5.10 Å². The molecule has 0 saturated heterocycles. The second kappa shape index (κ2) is 8.82. The first kappa shape index (κ1) is 21.5. The monoisotopic (exact) mass is 436 g/mol. The van der Waals surface area contributed by atoms with Crippen molar-refractivity contribution in [1.29, 1.82) is 0 Å². The summed E-state index contributed by atoms with van der Waals surface area (Å²) in [6.07, 6.45) is 3.51. The number of amides is 2. The van der Waals surface area contributed by atoms with Gasteiger partial charge in [0.1, 0.15) is 18.5 Å². The van der Waals surface area contributed by atoms with Gasteiger partial charge in [0.2, 0.25) is 0 Å². The Morgan fingerprint density at radius 2 is 2.00 bits per heavy atom. The largest absolute Gasteiger partial charge is 0.486 e. The maximum Gasteiger partial charge on any atom is 0.253 e. The summed E-state index contributed by atoms with van der Waals surface area (Å²) in [6.45, 7) is -0.264. The number of carbonyl (C=O) groups is 2. The summed E-state index contributed by atoms with van der Waals surface area (Å²) in [6, 6.07) is 12.5. The van der Waals surface area contributed by atoms with Gasteiger partial charge in [0.25, 0.3) is 11.8 Å². The lowest BCUT2D eigenvalue weighted by atomic mass is 9.86. The van der Waals surface area contributed by atoms with E-state index in [0.29, 0.717) is 24.1 Å². The number of alkyl halides is 1. The van der Waals surface area contributed by atoms with Gasteiger partial charge in [0.15, 0.2) is 0 Å². The molecule has 0 spiro atoms. The topological polar surface area (TPSA) is 90.5 Å². The summed E-state index contributed by atoms with van der Waals surface area (Å²) in [5.41, 5.74) is 8.45. The molecule has 1 aromatic heterocycles. The van der Waals surface area contributed by atoms with Gasteiger partial charge < -0.3 is 15.4 Å². The molecule has 7 nitrogen and oxygen atoms in total. The van der Waals surface area contributed by atoms with Crippen LogP contribution in [-0.2, 0) is 13.5 Å². The highest BCUT2D eigenvalue weighted by Gasteiger charge is 2.39. The van der Waals surface area contributed by atoms with Gasteiger partial charge in [-0.05, 0) is 29.7 Å².